The number of likely N-dealkylation sites (tertiary alicyclic amines) is 1. The molecule has 0 saturated carbocycles. The van der Waals surface area contributed by atoms with Gasteiger partial charge in [-0.1, -0.05) is 23.7 Å². The number of nitrogens with zero attached hydrogens (tertiary/aromatic N) is 3. The Hall–Kier alpha value is -3.19. The number of rotatable bonds is 6. The number of benzene rings is 1. The van der Waals surface area contributed by atoms with Crippen molar-refractivity contribution in [2.75, 3.05) is 18.4 Å². The molecule has 2 aromatic heterocycles. The first kappa shape index (κ1) is 22.0. The summed E-state index contributed by atoms with van der Waals surface area (Å²) in [6, 6.07) is 11.1. The highest BCUT2D eigenvalue weighted by Gasteiger charge is 2.27. The van der Waals surface area contributed by atoms with E-state index in [1.54, 1.807) is 18.5 Å². The number of piperidine rings is 1. The molecule has 3 heterocycles. The van der Waals surface area contributed by atoms with Crippen molar-refractivity contribution in [3.05, 3.63) is 65.3 Å². The zero-order valence-corrected chi connectivity index (χ0v) is 18.6. The molecular weight excluding hydrogens is 428 g/mol. The second-order valence-electron chi connectivity index (χ2n) is 7.96. The van der Waals surface area contributed by atoms with E-state index in [1.165, 1.54) is 0 Å². The van der Waals surface area contributed by atoms with Crippen LogP contribution in [-0.4, -0.2) is 39.8 Å². The number of pyridine rings is 1. The second kappa shape index (κ2) is 9.96. The highest BCUT2D eigenvalue weighted by molar-refractivity contribution is 6.33. The van der Waals surface area contributed by atoms with Crippen LogP contribution in [0.3, 0.4) is 0 Å². The van der Waals surface area contributed by atoms with E-state index in [0.29, 0.717) is 61.3 Å². The van der Waals surface area contributed by atoms with Crippen LogP contribution in [0, 0.1) is 12.8 Å². The molecule has 0 atom stereocenters. The van der Waals surface area contributed by atoms with E-state index in [4.69, 9.17) is 16.0 Å². The number of oxazole rings is 1. The van der Waals surface area contributed by atoms with Gasteiger partial charge in [0.25, 0.3) is 0 Å². The van der Waals surface area contributed by atoms with Crippen molar-refractivity contribution in [3.8, 4) is 11.3 Å². The number of carbonyl (C=O) groups is 2. The number of hydrogen-bond donors (Lipinski definition) is 1. The van der Waals surface area contributed by atoms with E-state index in [2.05, 4.69) is 15.3 Å². The van der Waals surface area contributed by atoms with E-state index in [-0.39, 0.29) is 17.7 Å². The van der Waals surface area contributed by atoms with Crippen molar-refractivity contribution in [2.24, 2.45) is 5.92 Å². The lowest BCUT2D eigenvalue weighted by Gasteiger charge is -2.31. The van der Waals surface area contributed by atoms with E-state index in [0.717, 1.165) is 11.1 Å². The summed E-state index contributed by atoms with van der Waals surface area (Å²) in [6.07, 6.45) is 5.32. The van der Waals surface area contributed by atoms with Crippen LogP contribution in [-0.2, 0) is 16.0 Å². The third-order valence-corrected chi connectivity index (χ3v) is 5.96. The minimum absolute atomic E-state index is 0.0397. The minimum atomic E-state index is -0.119. The predicted molar refractivity (Wildman–Crippen MR) is 122 cm³/mol. The fourth-order valence-corrected chi connectivity index (χ4v) is 4.04. The van der Waals surface area contributed by atoms with Gasteiger partial charge in [-0.3, -0.25) is 9.59 Å². The Morgan fingerprint density at radius 3 is 2.72 bits per heavy atom. The Balaban J connectivity index is 1.24. The average Bonchev–Trinajstić information content (AvgIpc) is 3.27. The third-order valence-electron chi connectivity index (χ3n) is 5.63. The molecule has 4 rings (SSSR count). The molecule has 1 fully saturated rings. The maximum atomic E-state index is 12.6. The topological polar surface area (TPSA) is 88.3 Å². The van der Waals surface area contributed by atoms with E-state index in [1.807, 2.05) is 42.2 Å². The maximum Gasteiger partial charge on any atom is 0.228 e. The van der Waals surface area contributed by atoms with Crippen molar-refractivity contribution >= 4 is 29.2 Å². The van der Waals surface area contributed by atoms with Gasteiger partial charge in [0.1, 0.15) is 5.82 Å². The fraction of sp³-hybridized carbons (Fsp3) is 0.333. The molecule has 1 aliphatic rings. The number of amides is 2. The summed E-state index contributed by atoms with van der Waals surface area (Å²) < 4.78 is 5.78. The fourth-order valence-electron chi connectivity index (χ4n) is 3.81. The zero-order chi connectivity index (χ0) is 22.5. The molecule has 0 aliphatic carbocycles. The SMILES string of the molecule is Cc1ccnc(NC(=O)C2CCN(C(=O)CCc3ncc(-c4ccccc4Cl)o3)CC2)c1. The average molecular weight is 453 g/mol. The van der Waals surface area contributed by atoms with Crippen LogP contribution in [0.5, 0.6) is 0 Å². The van der Waals surface area contributed by atoms with E-state index >= 15 is 0 Å². The molecule has 8 heteroatoms. The molecular formula is C24H25ClN4O3. The van der Waals surface area contributed by atoms with Gasteiger partial charge in [0.2, 0.25) is 11.8 Å². The smallest absolute Gasteiger partial charge is 0.228 e. The number of halogens is 1. The van der Waals surface area contributed by atoms with Gasteiger partial charge in [0.05, 0.1) is 11.2 Å². The predicted octanol–water partition coefficient (Wildman–Crippen LogP) is 4.51. The van der Waals surface area contributed by atoms with Crippen molar-refractivity contribution in [1.29, 1.82) is 0 Å². The number of aryl methyl sites for hydroxylation is 2. The van der Waals surface area contributed by atoms with Crippen LogP contribution >= 0.6 is 11.6 Å². The molecule has 32 heavy (non-hydrogen) atoms. The minimum Gasteiger partial charge on any atom is -0.441 e. The lowest BCUT2D eigenvalue weighted by atomic mass is 9.95. The molecule has 0 unspecified atom stereocenters. The first-order valence-corrected chi connectivity index (χ1v) is 11.1. The van der Waals surface area contributed by atoms with Crippen LogP contribution < -0.4 is 5.32 Å². The van der Waals surface area contributed by atoms with Gasteiger partial charge in [0, 0.05) is 43.6 Å². The monoisotopic (exact) mass is 452 g/mol. The molecule has 7 nitrogen and oxygen atoms in total. The highest BCUT2D eigenvalue weighted by atomic mass is 35.5. The van der Waals surface area contributed by atoms with Gasteiger partial charge < -0.3 is 14.6 Å². The first-order chi connectivity index (χ1) is 15.5. The Bertz CT molecular complexity index is 1110. The highest BCUT2D eigenvalue weighted by Crippen LogP contribution is 2.28. The van der Waals surface area contributed by atoms with Crippen LogP contribution in [0.25, 0.3) is 11.3 Å². The van der Waals surface area contributed by atoms with Crippen LogP contribution in [0.15, 0.2) is 53.2 Å². The summed E-state index contributed by atoms with van der Waals surface area (Å²) in [6.45, 7) is 3.08. The molecule has 0 spiro atoms. The Kier molecular flexibility index (Phi) is 6.85. The van der Waals surface area contributed by atoms with E-state index < -0.39 is 0 Å². The molecule has 0 radical (unpaired) electrons. The summed E-state index contributed by atoms with van der Waals surface area (Å²) in [5.41, 5.74) is 1.82. The van der Waals surface area contributed by atoms with Gasteiger partial charge in [-0.15, -0.1) is 0 Å². The number of hydrogen-bond acceptors (Lipinski definition) is 5. The maximum absolute atomic E-state index is 12.6. The molecule has 1 saturated heterocycles. The number of aromatic nitrogens is 2. The van der Waals surface area contributed by atoms with Crippen LogP contribution in [0.4, 0.5) is 5.82 Å². The Morgan fingerprint density at radius 1 is 1.19 bits per heavy atom. The number of nitrogens with one attached hydrogen (secondary N) is 1. The molecule has 0 bridgehead atoms. The van der Waals surface area contributed by atoms with E-state index in [9.17, 15) is 9.59 Å². The van der Waals surface area contributed by atoms with Crippen LogP contribution in [0.1, 0.15) is 30.7 Å². The largest absolute Gasteiger partial charge is 0.441 e. The summed E-state index contributed by atoms with van der Waals surface area (Å²) in [5, 5.41) is 3.47. The molecule has 3 aromatic rings. The zero-order valence-electron chi connectivity index (χ0n) is 17.9. The van der Waals surface area contributed by atoms with Crippen molar-refractivity contribution in [2.45, 2.75) is 32.6 Å². The quantitative estimate of drug-likeness (QED) is 0.594. The van der Waals surface area contributed by atoms with Gasteiger partial charge in [-0.25, -0.2) is 9.97 Å². The summed E-state index contributed by atoms with van der Waals surface area (Å²) >= 11 is 6.20. The van der Waals surface area contributed by atoms with Crippen LogP contribution in [0.2, 0.25) is 5.02 Å². The Labute approximate surface area is 191 Å². The second-order valence-corrected chi connectivity index (χ2v) is 8.37. The third kappa shape index (κ3) is 5.34. The normalized spacial score (nSPS) is 14.4. The summed E-state index contributed by atoms with van der Waals surface area (Å²) in [4.78, 5) is 35.4. The van der Waals surface area contributed by atoms with Crippen molar-refractivity contribution in [3.63, 3.8) is 0 Å². The van der Waals surface area contributed by atoms with Crippen molar-refractivity contribution < 1.29 is 14.0 Å². The standard InChI is InChI=1S/C24H25ClN4O3/c1-16-8-11-26-21(14-16)28-24(31)17-9-12-29(13-10-17)23(30)7-6-22-27-15-20(32-22)18-4-2-3-5-19(18)25/h2-5,8,11,14-15,17H,6-7,9-10,12-13H2,1H3,(H,26,28,31). The lowest BCUT2D eigenvalue weighted by molar-refractivity contribution is -0.134. The molecule has 1 aliphatic heterocycles. The van der Waals surface area contributed by atoms with Crippen molar-refractivity contribution in [1.82, 2.24) is 14.9 Å². The molecule has 166 valence electrons. The van der Waals surface area contributed by atoms with Gasteiger partial charge >= 0.3 is 0 Å². The number of carbonyl (C=O) groups excluding carboxylic acids is 2. The molecule has 2 amide bonds. The van der Waals surface area contributed by atoms with Gasteiger partial charge in [0.15, 0.2) is 11.7 Å². The molecule has 1 N–H and O–H groups in total. The Morgan fingerprint density at radius 2 is 1.97 bits per heavy atom. The lowest BCUT2D eigenvalue weighted by Crippen LogP contribution is -2.41. The molecule has 1 aromatic carbocycles. The number of anilines is 1. The summed E-state index contributed by atoms with van der Waals surface area (Å²) in [7, 11) is 0. The first-order valence-electron chi connectivity index (χ1n) is 10.7. The summed E-state index contributed by atoms with van der Waals surface area (Å²) in [5.74, 6) is 1.55. The van der Waals surface area contributed by atoms with Gasteiger partial charge in [-0.05, 0) is 49.6 Å². The van der Waals surface area contributed by atoms with Gasteiger partial charge in [-0.2, -0.15) is 0 Å².